The second kappa shape index (κ2) is 7.49. The minimum atomic E-state index is -3.58. The SMILES string of the molecule is Cc1sc(C(=O)NC[C@@H]2CCCO2)cc1S(=O)(=O)N1CCOCC1. The maximum Gasteiger partial charge on any atom is 0.261 e. The second-order valence-electron chi connectivity index (χ2n) is 5.89. The van der Waals surface area contributed by atoms with Crippen molar-refractivity contribution in [1.82, 2.24) is 9.62 Å². The molecule has 1 amide bonds. The van der Waals surface area contributed by atoms with E-state index in [1.807, 2.05) is 0 Å². The first-order chi connectivity index (χ1) is 11.5. The van der Waals surface area contributed by atoms with E-state index < -0.39 is 10.0 Å². The topological polar surface area (TPSA) is 84.9 Å². The van der Waals surface area contributed by atoms with Gasteiger partial charge >= 0.3 is 0 Å². The van der Waals surface area contributed by atoms with Gasteiger partial charge in [-0.05, 0) is 25.8 Å². The van der Waals surface area contributed by atoms with Gasteiger partial charge in [0.15, 0.2) is 0 Å². The summed E-state index contributed by atoms with van der Waals surface area (Å²) >= 11 is 1.21. The van der Waals surface area contributed by atoms with Gasteiger partial charge in [-0.2, -0.15) is 4.31 Å². The number of carbonyl (C=O) groups excluding carboxylic acids is 1. The summed E-state index contributed by atoms with van der Waals surface area (Å²) in [5, 5.41) is 2.83. The molecule has 1 aromatic rings. The van der Waals surface area contributed by atoms with Crippen molar-refractivity contribution in [2.45, 2.75) is 30.8 Å². The summed E-state index contributed by atoms with van der Waals surface area (Å²) in [4.78, 5) is 13.5. The van der Waals surface area contributed by atoms with Crippen LogP contribution in [-0.2, 0) is 19.5 Å². The van der Waals surface area contributed by atoms with E-state index in [0.29, 0.717) is 42.6 Å². The zero-order chi connectivity index (χ0) is 17.2. The Morgan fingerprint density at radius 3 is 2.79 bits per heavy atom. The van der Waals surface area contributed by atoms with Crippen LogP contribution in [0.1, 0.15) is 27.4 Å². The Bertz CT molecular complexity index is 689. The van der Waals surface area contributed by atoms with Crippen LogP contribution in [0.3, 0.4) is 0 Å². The number of amides is 1. The quantitative estimate of drug-likeness (QED) is 0.831. The summed E-state index contributed by atoms with van der Waals surface area (Å²) in [7, 11) is -3.58. The van der Waals surface area contributed by atoms with E-state index >= 15 is 0 Å². The molecule has 7 nitrogen and oxygen atoms in total. The molecule has 0 unspecified atom stereocenters. The number of sulfonamides is 1. The third kappa shape index (κ3) is 3.80. The molecule has 1 N–H and O–H groups in total. The van der Waals surface area contributed by atoms with Gasteiger partial charge in [0.1, 0.15) is 0 Å². The molecule has 2 aliphatic rings. The first kappa shape index (κ1) is 17.8. The Morgan fingerprint density at radius 2 is 2.12 bits per heavy atom. The van der Waals surface area contributed by atoms with Crippen molar-refractivity contribution < 1.29 is 22.7 Å². The van der Waals surface area contributed by atoms with Crippen molar-refractivity contribution in [1.29, 1.82) is 0 Å². The number of ether oxygens (including phenoxy) is 2. The Kier molecular flexibility index (Phi) is 5.56. The number of aryl methyl sites for hydroxylation is 1. The second-order valence-corrected chi connectivity index (χ2v) is 9.06. The summed E-state index contributed by atoms with van der Waals surface area (Å²) < 4.78 is 37.6. The predicted molar refractivity (Wildman–Crippen MR) is 89.9 cm³/mol. The molecule has 134 valence electrons. The molecule has 1 aromatic heterocycles. The molecule has 2 fully saturated rings. The molecule has 0 saturated carbocycles. The summed E-state index contributed by atoms with van der Waals surface area (Å²) in [5.41, 5.74) is 0. The fourth-order valence-electron chi connectivity index (χ4n) is 2.86. The lowest BCUT2D eigenvalue weighted by molar-refractivity contribution is 0.0730. The van der Waals surface area contributed by atoms with Gasteiger partial charge in [-0.3, -0.25) is 4.79 Å². The Labute approximate surface area is 146 Å². The molecule has 3 heterocycles. The molecule has 2 aliphatic heterocycles. The van der Waals surface area contributed by atoms with Crippen LogP contribution in [-0.4, -0.2) is 64.2 Å². The van der Waals surface area contributed by atoms with Crippen LogP contribution in [0.4, 0.5) is 0 Å². The van der Waals surface area contributed by atoms with E-state index in [2.05, 4.69) is 5.32 Å². The average molecular weight is 374 g/mol. The molecule has 0 radical (unpaired) electrons. The first-order valence-electron chi connectivity index (χ1n) is 8.06. The van der Waals surface area contributed by atoms with Crippen LogP contribution in [0.2, 0.25) is 0 Å². The van der Waals surface area contributed by atoms with Crippen molar-refractivity contribution in [3.63, 3.8) is 0 Å². The molecular formula is C15H22N2O5S2. The van der Waals surface area contributed by atoms with E-state index in [1.54, 1.807) is 6.92 Å². The van der Waals surface area contributed by atoms with Crippen LogP contribution in [0, 0.1) is 6.92 Å². The van der Waals surface area contributed by atoms with Crippen LogP contribution in [0.5, 0.6) is 0 Å². The molecule has 0 bridgehead atoms. The number of morpholine rings is 1. The Balaban J connectivity index is 1.70. The third-order valence-electron chi connectivity index (χ3n) is 4.20. The van der Waals surface area contributed by atoms with E-state index in [-0.39, 0.29) is 16.9 Å². The van der Waals surface area contributed by atoms with Crippen LogP contribution >= 0.6 is 11.3 Å². The average Bonchev–Trinajstić information content (AvgIpc) is 3.23. The molecule has 0 aromatic carbocycles. The summed E-state index contributed by atoms with van der Waals surface area (Å²) in [6.07, 6.45) is 2.02. The van der Waals surface area contributed by atoms with Crippen molar-refractivity contribution >= 4 is 27.3 Å². The standard InChI is InChI=1S/C15H22N2O5S2/c1-11-14(24(19,20)17-4-7-21-8-5-17)9-13(23-11)15(18)16-10-12-3-2-6-22-12/h9,12H,2-8,10H2,1H3,(H,16,18)/t12-/m0/s1. The number of thiophene rings is 1. The number of hydrogen-bond donors (Lipinski definition) is 1. The van der Waals surface area contributed by atoms with Crippen molar-refractivity contribution in [2.75, 3.05) is 39.5 Å². The molecule has 1 atom stereocenters. The van der Waals surface area contributed by atoms with Gasteiger partial charge in [0.05, 0.1) is 29.1 Å². The van der Waals surface area contributed by atoms with E-state index in [4.69, 9.17) is 9.47 Å². The minimum Gasteiger partial charge on any atom is -0.379 e. The van der Waals surface area contributed by atoms with Gasteiger partial charge in [-0.15, -0.1) is 11.3 Å². The van der Waals surface area contributed by atoms with Gasteiger partial charge in [0.2, 0.25) is 10.0 Å². The molecule has 9 heteroatoms. The largest absolute Gasteiger partial charge is 0.379 e. The van der Waals surface area contributed by atoms with Crippen molar-refractivity contribution in [3.05, 3.63) is 15.8 Å². The van der Waals surface area contributed by atoms with Gasteiger partial charge < -0.3 is 14.8 Å². The van der Waals surface area contributed by atoms with Gasteiger partial charge in [-0.25, -0.2) is 8.42 Å². The number of nitrogens with zero attached hydrogens (tertiary/aromatic N) is 1. The predicted octanol–water partition coefficient (Wildman–Crippen LogP) is 0.986. The number of hydrogen-bond acceptors (Lipinski definition) is 6. The van der Waals surface area contributed by atoms with Crippen molar-refractivity contribution in [2.24, 2.45) is 0 Å². The van der Waals surface area contributed by atoms with Gasteiger partial charge in [0, 0.05) is 31.1 Å². The summed E-state index contributed by atoms with van der Waals surface area (Å²) in [6, 6.07) is 1.48. The molecule has 3 rings (SSSR count). The minimum absolute atomic E-state index is 0.0616. The normalized spacial score (nSPS) is 22.6. The fourth-order valence-corrected chi connectivity index (χ4v) is 5.74. The molecular weight excluding hydrogens is 352 g/mol. The third-order valence-corrected chi connectivity index (χ3v) is 7.40. The highest BCUT2D eigenvalue weighted by atomic mass is 32.2. The Morgan fingerprint density at radius 1 is 1.38 bits per heavy atom. The molecule has 24 heavy (non-hydrogen) atoms. The summed E-state index contributed by atoms with van der Waals surface area (Å²) in [6.45, 7) is 4.42. The van der Waals surface area contributed by atoms with Crippen LogP contribution in [0.25, 0.3) is 0 Å². The maximum atomic E-state index is 12.7. The zero-order valence-corrected chi connectivity index (χ0v) is 15.2. The molecule has 2 saturated heterocycles. The monoisotopic (exact) mass is 374 g/mol. The lowest BCUT2D eigenvalue weighted by Gasteiger charge is -2.25. The van der Waals surface area contributed by atoms with Gasteiger partial charge in [-0.1, -0.05) is 0 Å². The zero-order valence-electron chi connectivity index (χ0n) is 13.6. The first-order valence-corrected chi connectivity index (χ1v) is 10.3. The van der Waals surface area contributed by atoms with Gasteiger partial charge in [0.25, 0.3) is 5.91 Å². The lowest BCUT2D eigenvalue weighted by atomic mass is 10.2. The van der Waals surface area contributed by atoms with Crippen LogP contribution in [0.15, 0.2) is 11.0 Å². The van der Waals surface area contributed by atoms with Crippen molar-refractivity contribution in [3.8, 4) is 0 Å². The number of nitrogens with one attached hydrogen (secondary N) is 1. The number of carbonyl (C=O) groups is 1. The highest BCUT2D eigenvalue weighted by Gasteiger charge is 2.30. The van der Waals surface area contributed by atoms with E-state index in [1.165, 1.54) is 21.7 Å². The highest BCUT2D eigenvalue weighted by Crippen LogP contribution is 2.28. The Hall–Kier alpha value is -1.00. The molecule has 0 aliphatic carbocycles. The summed E-state index contributed by atoms with van der Waals surface area (Å²) in [5.74, 6) is -0.248. The van der Waals surface area contributed by atoms with Crippen LogP contribution < -0.4 is 5.32 Å². The highest BCUT2D eigenvalue weighted by molar-refractivity contribution is 7.89. The smallest absolute Gasteiger partial charge is 0.261 e. The molecule has 0 spiro atoms. The van der Waals surface area contributed by atoms with E-state index in [0.717, 1.165) is 19.4 Å². The van der Waals surface area contributed by atoms with E-state index in [9.17, 15) is 13.2 Å². The lowest BCUT2D eigenvalue weighted by Crippen LogP contribution is -2.40. The maximum absolute atomic E-state index is 12.7. The fraction of sp³-hybridized carbons (Fsp3) is 0.667. The number of rotatable bonds is 5.